The molecule has 1 fully saturated rings. The van der Waals surface area contributed by atoms with Crippen molar-refractivity contribution in [1.82, 2.24) is 0 Å². The van der Waals surface area contributed by atoms with E-state index in [1.165, 1.54) is 36.0 Å². The third-order valence-corrected chi connectivity index (χ3v) is 3.83. The first kappa shape index (κ1) is 16.2. The first-order valence-electron chi connectivity index (χ1n) is 7.60. The topological polar surface area (TPSA) is 20.2 Å². The number of allylic oxidation sites excluding steroid dienone is 6. The van der Waals surface area contributed by atoms with Crippen LogP contribution in [0.5, 0.6) is 0 Å². The minimum absolute atomic E-state index is 0.359. The smallest absolute Gasteiger partial charge is 0.0465 e. The van der Waals surface area contributed by atoms with E-state index < -0.39 is 0 Å². The van der Waals surface area contributed by atoms with Crippen molar-refractivity contribution in [3.8, 4) is 0 Å². The Balaban J connectivity index is 2.19. The van der Waals surface area contributed by atoms with Gasteiger partial charge in [0.1, 0.15) is 0 Å². The van der Waals surface area contributed by atoms with E-state index in [4.69, 9.17) is 5.11 Å². The van der Waals surface area contributed by atoms with Crippen LogP contribution in [-0.4, -0.2) is 11.7 Å². The number of aliphatic hydroxyl groups excluding tert-OH is 1. The van der Waals surface area contributed by atoms with Gasteiger partial charge in [0.25, 0.3) is 0 Å². The molecule has 0 unspecified atom stereocenters. The van der Waals surface area contributed by atoms with Gasteiger partial charge in [0.2, 0.25) is 0 Å². The zero-order chi connectivity index (χ0) is 14.3. The van der Waals surface area contributed by atoms with Crippen LogP contribution in [0.25, 0.3) is 0 Å². The molecule has 0 saturated heterocycles. The minimum Gasteiger partial charge on any atom is -0.396 e. The fourth-order valence-corrected chi connectivity index (χ4v) is 2.37. The van der Waals surface area contributed by atoms with Crippen molar-refractivity contribution in [2.75, 3.05) is 6.61 Å². The minimum atomic E-state index is 0.359. The summed E-state index contributed by atoms with van der Waals surface area (Å²) < 4.78 is 0. The molecule has 2 atom stereocenters. The van der Waals surface area contributed by atoms with Gasteiger partial charge in [-0.15, -0.1) is 0 Å². The molecule has 108 valence electrons. The molecule has 1 rings (SSSR count). The van der Waals surface area contributed by atoms with E-state index in [0.717, 1.165) is 12.8 Å². The van der Waals surface area contributed by atoms with Crippen molar-refractivity contribution in [3.63, 3.8) is 0 Å². The molecule has 1 saturated carbocycles. The van der Waals surface area contributed by atoms with Gasteiger partial charge in [0.05, 0.1) is 0 Å². The second kappa shape index (κ2) is 8.37. The van der Waals surface area contributed by atoms with Gasteiger partial charge < -0.3 is 5.11 Å². The molecule has 0 spiro atoms. The highest BCUT2D eigenvalue weighted by Gasteiger charge is 2.33. The summed E-state index contributed by atoms with van der Waals surface area (Å²) in [6.07, 6.45) is 12.9. The van der Waals surface area contributed by atoms with Crippen LogP contribution in [0, 0.1) is 11.8 Å². The predicted molar refractivity (Wildman–Crippen MR) is 84.1 cm³/mol. The standard InChI is InChI=1S/C18H30O/c1-14(2)7-5-8-15(3)9-6-10-16(4)11-17-12-18(17)13-19/h7,9,11,17-19H,5-6,8,10,12-13H2,1-4H3/b15-9+,16-11+/t17-,18+/m1/s1. The Bertz CT molecular complexity index is 356. The van der Waals surface area contributed by atoms with Gasteiger partial charge in [0.15, 0.2) is 0 Å². The van der Waals surface area contributed by atoms with Crippen molar-refractivity contribution in [1.29, 1.82) is 0 Å². The molecule has 0 aromatic rings. The first-order chi connectivity index (χ1) is 9.02. The number of aliphatic hydroxyl groups is 1. The number of rotatable bonds is 8. The summed E-state index contributed by atoms with van der Waals surface area (Å²) in [6.45, 7) is 9.13. The largest absolute Gasteiger partial charge is 0.396 e. The van der Waals surface area contributed by atoms with Crippen molar-refractivity contribution in [2.24, 2.45) is 11.8 Å². The van der Waals surface area contributed by atoms with Crippen LogP contribution in [0.2, 0.25) is 0 Å². The summed E-state index contributed by atoms with van der Waals surface area (Å²) in [5, 5.41) is 9.02. The summed E-state index contributed by atoms with van der Waals surface area (Å²) in [7, 11) is 0. The van der Waals surface area contributed by atoms with E-state index in [0.29, 0.717) is 18.4 Å². The average molecular weight is 262 g/mol. The monoisotopic (exact) mass is 262 g/mol. The van der Waals surface area contributed by atoms with Gasteiger partial charge >= 0.3 is 0 Å². The van der Waals surface area contributed by atoms with Gasteiger partial charge in [-0.25, -0.2) is 0 Å². The zero-order valence-corrected chi connectivity index (χ0v) is 13.1. The third-order valence-electron chi connectivity index (χ3n) is 3.83. The fraction of sp³-hybridized carbons (Fsp3) is 0.667. The van der Waals surface area contributed by atoms with Gasteiger partial charge in [-0.3, -0.25) is 0 Å². The molecule has 0 heterocycles. The predicted octanol–water partition coefficient (Wildman–Crippen LogP) is 5.03. The molecule has 1 N–H and O–H groups in total. The Morgan fingerprint density at radius 1 is 1.00 bits per heavy atom. The molecule has 0 aliphatic heterocycles. The molecular formula is C18H30O. The number of hydrogen-bond donors (Lipinski definition) is 1. The van der Waals surface area contributed by atoms with Gasteiger partial charge in [-0.1, -0.05) is 34.9 Å². The van der Waals surface area contributed by atoms with Crippen LogP contribution in [0.15, 0.2) is 34.9 Å². The van der Waals surface area contributed by atoms with Gasteiger partial charge in [0, 0.05) is 6.61 Å². The average Bonchev–Trinajstić information content (AvgIpc) is 3.06. The lowest BCUT2D eigenvalue weighted by Crippen LogP contribution is -1.87. The summed E-state index contributed by atoms with van der Waals surface area (Å²) in [5.74, 6) is 1.21. The fourth-order valence-electron chi connectivity index (χ4n) is 2.37. The van der Waals surface area contributed by atoms with E-state index in [1.54, 1.807) is 0 Å². The molecule has 0 radical (unpaired) electrons. The Morgan fingerprint density at radius 3 is 2.21 bits per heavy atom. The Hall–Kier alpha value is -0.820. The van der Waals surface area contributed by atoms with Gasteiger partial charge in [-0.2, -0.15) is 0 Å². The van der Waals surface area contributed by atoms with Crippen LogP contribution in [0.3, 0.4) is 0 Å². The molecule has 1 aliphatic carbocycles. The van der Waals surface area contributed by atoms with Crippen LogP contribution < -0.4 is 0 Å². The molecule has 1 nitrogen and oxygen atoms in total. The maximum absolute atomic E-state index is 9.02. The van der Waals surface area contributed by atoms with E-state index in [-0.39, 0.29) is 0 Å². The van der Waals surface area contributed by atoms with Crippen LogP contribution in [-0.2, 0) is 0 Å². The SMILES string of the molecule is CC(C)=CCC/C(C)=C/CC/C(C)=C/[C@@H]1C[C@H]1CO. The lowest BCUT2D eigenvalue weighted by Gasteiger charge is -2.01. The highest BCUT2D eigenvalue weighted by Crippen LogP contribution is 2.40. The van der Waals surface area contributed by atoms with Crippen LogP contribution in [0.4, 0.5) is 0 Å². The van der Waals surface area contributed by atoms with Crippen molar-refractivity contribution in [3.05, 3.63) is 34.9 Å². The van der Waals surface area contributed by atoms with E-state index in [1.807, 2.05) is 0 Å². The third kappa shape index (κ3) is 7.37. The molecule has 19 heavy (non-hydrogen) atoms. The quantitative estimate of drug-likeness (QED) is 0.608. The molecule has 0 aromatic heterocycles. The number of hydrogen-bond acceptors (Lipinski definition) is 1. The van der Waals surface area contributed by atoms with Crippen LogP contribution in [0.1, 0.15) is 59.8 Å². The van der Waals surface area contributed by atoms with Crippen LogP contribution >= 0.6 is 0 Å². The van der Waals surface area contributed by atoms with E-state index in [2.05, 4.69) is 45.9 Å². The summed E-state index contributed by atoms with van der Waals surface area (Å²) >= 11 is 0. The first-order valence-corrected chi connectivity index (χ1v) is 7.60. The zero-order valence-electron chi connectivity index (χ0n) is 13.1. The van der Waals surface area contributed by atoms with Gasteiger partial charge in [-0.05, 0) is 71.6 Å². The maximum atomic E-state index is 9.02. The molecule has 0 amide bonds. The van der Waals surface area contributed by atoms with E-state index in [9.17, 15) is 0 Å². The molecular weight excluding hydrogens is 232 g/mol. The highest BCUT2D eigenvalue weighted by molar-refractivity contribution is 5.10. The Kier molecular flexibility index (Phi) is 7.15. The maximum Gasteiger partial charge on any atom is 0.0465 e. The summed E-state index contributed by atoms with van der Waals surface area (Å²) in [6, 6.07) is 0. The summed E-state index contributed by atoms with van der Waals surface area (Å²) in [4.78, 5) is 0. The normalized spacial score (nSPS) is 23.4. The van der Waals surface area contributed by atoms with Crippen molar-refractivity contribution in [2.45, 2.75) is 59.8 Å². The highest BCUT2D eigenvalue weighted by atomic mass is 16.3. The molecule has 1 heteroatoms. The lowest BCUT2D eigenvalue weighted by molar-refractivity contribution is 0.272. The Morgan fingerprint density at radius 2 is 1.63 bits per heavy atom. The van der Waals surface area contributed by atoms with Crippen molar-refractivity contribution < 1.29 is 5.11 Å². The summed E-state index contributed by atoms with van der Waals surface area (Å²) in [5.41, 5.74) is 4.40. The Labute approximate surface area is 119 Å². The second-order valence-corrected chi connectivity index (χ2v) is 6.26. The second-order valence-electron chi connectivity index (χ2n) is 6.26. The molecule has 0 bridgehead atoms. The lowest BCUT2D eigenvalue weighted by atomic mass is 10.1. The van der Waals surface area contributed by atoms with Crippen molar-refractivity contribution >= 4 is 0 Å². The molecule has 1 aliphatic rings. The van der Waals surface area contributed by atoms with E-state index >= 15 is 0 Å². The molecule has 0 aromatic carbocycles.